The maximum Gasteiger partial charge on any atom is 0.321 e. The predicted octanol–water partition coefficient (Wildman–Crippen LogP) is 2.76. The van der Waals surface area contributed by atoms with Crippen molar-refractivity contribution in [2.75, 3.05) is 18.4 Å². The van der Waals surface area contributed by atoms with Crippen LogP contribution in [0.1, 0.15) is 18.4 Å². The van der Waals surface area contributed by atoms with Gasteiger partial charge in [0, 0.05) is 18.8 Å². The molecular formula is C12H15FN2O. The number of nitrogens with one attached hydrogen (secondary N) is 1. The van der Waals surface area contributed by atoms with E-state index >= 15 is 0 Å². The Morgan fingerprint density at radius 3 is 2.69 bits per heavy atom. The number of halogens is 1. The lowest BCUT2D eigenvalue weighted by Crippen LogP contribution is -2.32. The summed E-state index contributed by atoms with van der Waals surface area (Å²) in [6, 6.07) is 4.28. The zero-order valence-electron chi connectivity index (χ0n) is 9.29. The van der Waals surface area contributed by atoms with Crippen LogP contribution in [0.3, 0.4) is 0 Å². The van der Waals surface area contributed by atoms with E-state index < -0.39 is 0 Å². The first kappa shape index (κ1) is 10.9. The van der Waals surface area contributed by atoms with Gasteiger partial charge >= 0.3 is 6.03 Å². The quantitative estimate of drug-likeness (QED) is 0.778. The lowest BCUT2D eigenvalue weighted by molar-refractivity contribution is 0.222. The summed E-state index contributed by atoms with van der Waals surface area (Å²) < 4.78 is 12.9. The standard InChI is InChI=1S/C12H15FN2O/c1-9-8-10(13)4-5-11(9)14-12(16)15-6-2-3-7-15/h4-5,8H,2-3,6-7H2,1H3,(H,14,16). The molecule has 1 aliphatic heterocycles. The van der Waals surface area contributed by atoms with Crippen LogP contribution in [0, 0.1) is 12.7 Å². The van der Waals surface area contributed by atoms with E-state index in [0.717, 1.165) is 31.5 Å². The molecule has 4 heteroatoms. The van der Waals surface area contributed by atoms with Crippen molar-refractivity contribution in [1.82, 2.24) is 4.90 Å². The van der Waals surface area contributed by atoms with Crippen molar-refractivity contribution in [3.63, 3.8) is 0 Å². The van der Waals surface area contributed by atoms with Gasteiger partial charge in [0.05, 0.1) is 0 Å². The van der Waals surface area contributed by atoms with Crippen LogP contribution in [0.4, 0.5) is 14.9 Å². The molecule has 16 heavy (non-hydrogen) atoms. The fourth-order valence-electron chi connectivity index (χ4n) is 1.88. The Kier molecular flexibility index (Phi) is 3.08. The molecule has 1 aliphatic rings. The molecule has 1 heterocycles. The second-order valence-corrected chi connectivity index (χ2v) is 4.08. The molecule has 0 spiro atoms. The molecule has 0 unspecified atom stereocenters. The van der Waals surface area contributed by atoms with E-state index in [2.05, 4.69) is 5.32 Å². The molecule has 0 aromatic heterocycles. The SMILES string of the molecule is Cc1cc(F)ccc1NC(=O)N1CCCC1. The molecule has 0 saturated carbocycles. The predicted molar refractivity (Wildman–Crippen MR) is 61.0 cm³/mol. The minimum absolute atomic E-state index is 0.0905. The largest absolute Gasteiger partial charge is 0.325 e. The second kappa shape index (κ2) is 4.51. The molecule has 86 valence electrons. The summed E-state index contributed by atoms with van der Waals surface area (Å²) in [4.78, 5) is 13.6. The smallest absolute Gasteiger partial charge is 0.321 e. The van der Waals surface area contributed by atoms with Crippen LogP contribution in [0.15, 0.2) is 18.2 Å². The number of carbonyl (C=O) groups is 1. The van der Waals surface area contributed by atoms with Gasteiger partial charge in [0.25, 0.3) is 0 Å². The van der Waals surface area contributed by atoms with Crippen molar-refractivity contribution in [1.29, 1.82) is 0 Å². The Labute approximate surface area is 94.3 Å². The summed E-state index contributed by atoms with van der Waals surface area (Å²) in [5, 5.41) is 2.80. The highest BCUT2D eigenvalue weighted by Gasteiger charge is 2.18. The third-order valence-corrected chi connectivity index (χ3v) is 2.82. The highest BCUT2D eigenvalue weighted by atomic mass is 19.1. The van der Waals surface area contributed by atoms with E-state index in [1.165, 1.54) is 12.1 Å². The van der Waals surface area contributed by atoms with Gasteiger partial charge in [-0.05, 0) is 43.5 Å². The Balaban J connectivity index is 2.05. The number of hydrogen-bond donors (Lipinski definition) is 1. The van der Waals surface area contributed by atoms with Crippen LogP contribution in [-0.2, 0) is 0 Å². The fraction of sp³-hybridized carbons (Fsp3) is 0.417. The molecule has 0 radical (unpaired) electrons. The average molecular weight is 222 g/mol. The molecule has 3 nitrogen and oxygen atoms in total. The summed E-state index contributed by atoms with van der Waals surface area (Å²) in [5.41, 5.74) is 1.42. The summed E-state index contributed by atoms with van der Waals surface area (Å²) >= 11 is 0. The molecule has 1 saturated heterocycles. The van der Waals surface area contributed by atoms with Crippen LogP contribution >= 0.6 is 0 Å². The van der Waals surface area contributed by atoms with Gasteiger partial charge in [-0.2, -0.15) is 0 Å². The van der Waals surface area contributed by atoms with Crippen LogP contribution < -0.4 is 5.32 Å². The van der Waals surface area contributed by atoms with Gasteiger partial charge in [0.2, 0.25) is 0 Å². The van der Waals surface area contributed by atoms with Gasteiger partial charge < -0.3 is 10.2 Å². The summed E-state index contributed by atoms with van der Waals surface area (Å²) in [7, 11) is 0. The van der Waals surface area contributed by atoms with Crippen LogP contribution in [0.5, 0.6) is 0 Å². The fourth-order valence-corrected chi connectivity index (χ4v) is 1.88. The van der Waals surface area contributed by atoms with Gasteiger partial charge in [-0.3, -0.25) is 0 Å². The van der Waals surface area contributed by atoms with Gasteiger partial charge in [-0.25, -0.2) is 9.18 Å². The van der Waals surface area contributed by atoms with Gasteiger partial charge in [-0.1, -0.05) is 0 Å². The van der Waals surface area contributed by atoms with Crippen LogP contribution in [-0.4, -0.2) is 24.0 Å². The van der Waals surface area contributed by atoms with Gasteiger partial charge in [0.1, 0.15) is 5.82 Å². The van der Waals surface area contributed by atoms with Crippen molar-refractivity contribution < 1.29 is 9.18 Å². The highest BCUT2D eigenvalue weighted by molar-refractivity contribution is 5.90. The molecule has 1 aromatic rings. The number of likely N-dealkylation sites (tertiary alicyclic amines) is 1. The summed E-state index contributed by atoms with van der Waals surface area (Å²) in [6.07, 6.45) is 2.13. The zero-order valence-corrected chi connectivity index (χ0v) is 9.29. The number of urea groups is 1. The minimum atomic E-state index is -0.281. The molecular weight excluding hydrogens is 207 g/mol. The van der Waals surface area contributed by atoms with Crippen molar-refractivity contribution in [2.24, 2.45) is 0 Å². The van der Waals surface area contributed by atoms with Crippen LogP contribution in [0.2, 0.25) is 0 Å². The Bertz CT molecular complexity index is 400. The number of anilines is 1. The van der Waals surface area contributed by atoms with Crippen molar-refractivity contribution in [3.05, 3.63) is 29.6 Å². The molecule has 1 aromatic carbocycles. The molecule has 0 atom stereocenters. The van der Waals surface area contributed by atoms with E-state index in [4.69, 9.17) is 0 Å². The lowest BCUT2D eigenvalue weighted by atomic mass is 10.2. The van der Waals surface area contributed by atoms with Crippen molar-refractivity contribution >= 4 is 11.7 Å². The van der Waals surface area contributed by atoms with Crippen molar-refractivity contribution in [2.45, 2.75) is 19.8 Å². The number of amides is 2. The minimum Gasteiger partial charge on any atom is -0.325 e. The Hall–Kier alpha value is -1.58. The third-order valence-electron chi connectivity index (χ3n) is 2.82. The van der Waals surface area contributed by atoms with E-state index in [9.17, 15) is 9.18 Å². The maximum absolute atomic E-state index is 12.9. The molecule has 0 aliphatic carbocycles. The number of nitrogens with zero attached hydrogens (tertiary/aromatic N) is 1. The molecule has 1 fully saturated rings. The number of rotatable bonds is 1. The number of aryl methyl sites for hydroxylation is 1. The summed E-state index contributed by atoms with van der Waals surface area (Å²) in [5.74, 6) is -0.281. The number of benzene rings is 1. The van der Waals surface area contributed by atoms with Gasteiger partial charge in [-0.15, -0.1) is 0 Å². The molecule has 2 amide bonds. The first-order valence-electron chi connectivity index (χ1n) is 5.49. The normalized spacial score (nSPS) is 15.2. The number of hydrogen-bond acceptors (Lipinski definition) is 1. The highest BCUT2D eigenvalue weighted by Crippen LogP contribution is 2.17. The van der Waals surface area contributed by atoms with Gasteiger partial charge in [0.15, 0.2) is 0 Å². The summed E-state index contributed by atoms with van der Waals surface area (Å²) in [6.45, 7) is 3.40. The monoisotopic (exact) mass is 222 g/mol. The second-order valence-electron chi connectivity index (χ2n) is 4.08. The average Bonchev–Trinajstić information content (AvgIpc) is 2.75. The molecule has 2 rings (SSSR count). The molecule has 0 bridgehead atoms. The first-order chi connectivity index (χ1) is 7.66. The third kappa shape index (κ3) is 2.32. The number of carbonyl (C=O) groups excluding carboxylic acids is 1. The van der Waals surface area contributed by atoms with E-state index in [1.807, 2.05) is 0 Å². The van der Waals surface area contributed by atoms with Crippen LogP contribution in [0.25, 0.3) is 0 Å². The lowest BCUT2D eigenvalue weighted by Gasteiger charge is -2.17. The topological polar surface area (TPSA) is 32.3 Å². The van der Waals surface area contributed by atoms with E-state index in [0.29, 0.717) is 5.69 Å². The van der Waals surface area contributed by atoms with E-state index in [-0.39, 0.29) is 11.8 Å². The Morgan fingerprint density at radius 2 is 2.06 bits per heavy atom. The van der Waals surface area contributed by atoms with Crippen molar-refractivity contribution in [3.8, 4) is 0 Å². The zero-order chi connectivity index (χ0) is 11.5. The first-order valence-corrected chi connectivity index (χ1v) is 5.49. The Morgan fingerprint density at radius 1 is 1.38 bits per heavy atom. The molecule has 1 N–H and O–H groups in total. The van der Waals surface area contributed by atoms with E-state index in [1.54, 1.807) is 17.9 Å². The maximum atomic E-state index is 12.9.